The molecule has 2 nitrogen and oxygen atoms in total. The maximum atomic E-state index is 6.20. The van der Waals surface area contributed by atoms with E-state index in [2.05, 4.69) is 17.9 Å². The highest BCUT2D eigenvalue weighted by Crippen LogP contribution is 2.37. The van der Waals surface area contributed by atoms with Gasteiger partial charge < -0.3 is 10.6 Å². The van der Waals surface area contributed by atoms with E-state index in [-0.39, 0.29) is 0 Å². The second-order valence-corrected chi connectivity index (χ2v) is 4.37. The first-order valence-electron chi connectivity index (χ1n) is 5.52. The first-order chi connectivity index (χ1) is 7.27. The Balaban J connectivity index is 2.32. The van der Waals surface area contributed by atoms with E-state index < -0.39 is 0 Å². The standard InChI is InChI=1S/C12H17ClN2/c1-2-15-9(6-7-14)8-10-11(13)4-3-5-12(10)15/h3-5,9H,2,6-8,14H2,1H3. The van der Waals surface area contributed by atoms with Crippen LogP contribution in [0, 0.1) is 0 Å². The number of benzene rings is 1. The minimum Gasteiger partial charge on any atom is -0.368 e. The van der Waals surface area contributed by atoms with Crippen LogP contribution in [0.25, 0.3) is 0 Å². The van der Waals surface area contributed by atoms with Gasteiger partial charge in [-0.25, -0.2) is 0 Å². The van der Waals surface area contributed by atoms with Gasteiger partial charge in [0.05, 0.1) is 0 Å². The number of anilines is 1. The Morgan fingerprint density at radius 1 is 1.53 bits per heavy atom. The quantitative estimate of drug-likeness (QED) is 0.855. The van der Waals surface area contributed by atoms with E-state index in [9.17, 15) is 0 Å². The van der Waals surface area contributed by atoms with Crippen molar-refractivity contribution in [2.45, 2.75) is 25.8 Å². The van der Waals surface area contributed by atoms with E-state index in [0.717, 1.165) is 31.0 Å². The summed E-state index contributed by atoms with van der Waals surface area (Å²) in [5.41, 5.74) is 8.22. The van der Waals surface area contributed by atoms with Crippen LogP contribution in [0.1, 0.15) is 18.9 Å². The van der Waals surface area contributed by atoms with Crippen molar-refractivity contribution in [1.82, 2.24) is 0 Å². The van der Waals surface area contributed by atoms with E-state index in [1.54, 1.807) is 0 Å². The molecule has 1 aromatic rings. The first-order valence-corrected chi connectivity index (χ1v) is 5.89. The molecule has 2 N–H and O–H groups in total. The van der Waals surface area contributed by atoms with Gasteiger partial charge in [0.1, 0.15) is 0 Å². The van der Waals surface area contributed by atoms with E-state index in [1.165, 1.54) is 11.3 Å². The summed E-state index contributed by atoms with van der Waals surface area (Å²) in [4.78, 5) is 2.41. The van der Waals surface area contributed by atoms with Gasteiger partial charge in [-0.05, 0) is 44.0 Å². The van der Waals surface area contributed by atoms with Gasteiger partial charge >= 0.3 is 0 Å². The molecule has 1 atom stereocenters. The van der Waals surface area contributed by atoms with Gasteiger partial charge in [-0.3, -0.25) is 0 Å². The number of halogens is 1. The number of hydrogen-bond donors (Lipinski definition) is 1. The maximum absolute atomic E-state index is 6.20. The highest BCUT2D eigenvalue weighted by Gasteiger charge is 2.28. The van der Waals surface area contributed by atoms with Gasteiger partial charge in [0.2, 0.25) is 0 Å². The second-order valence-electron chi connectivity index (χ2n) is 3.96. The van der Waals surface area contributed by atoms with Gasteiger partial charge in [-0.15, -0.1) is 0 Å². The zero-order valence-corrected chi connectivity index (χ0v) is 9.80. The molecular weight excluding hydrogens is 208 g/mol. The third-order valence-electron chi connectivity index (χ3n) is 3.12. The number of likely N-dealkylation sites (N-methyl/N-ethyl adjacent to an activating group) is 1. The van der Waals surface area contributed by atoms with Crippen LogP contribution >= 0.6 is 11.6 Å². The third kappa shape index (κ3) is 1.84. The van der Waals surface area contributed by atoms with Crippen LogP contribution in [0.2, 0.25) is 5.02 Å². The molecule has 1 heterocycles. The molecule has 82 valence electrons. The highest BCUT2D eigenvalue weighted by atomic mass is 35.5. The number of rotatable bonds is 3. The Hall–Kier alpha value is -0.730. The SMILES string of the molecule is CCN1c2cccc(Cl)c2CC1CCN. The molecule has 0 saturated carbocycles. The summed E-state index contributed by atoms with van der Waals surface area (Å²) in [7, 11) is 0. The summed E-state index contributed by atoms with van der Waals surface area (Å²) in [6, 6.07) is 6.68. The Morgan fingerprint density at radius 2 is 2.33 bits per heavy atom. The minimum absolute atomic E-state index is 0.537. The van der Waals surface area contributed by atoms with Gasteiger partial charge in [-0.2, -0.15) is 0 Å². The number of hydrogen-bond acceptors (Lipinski definition) is 2. The molecule has 2 rings (SSSR count). The minimum atomic E-state index is 0.537. The van der Waals surface area contributed by atoms with Crippen molar-refractivity contribution >= 4 is 17.3 Å². The van der Waals surface area contributed by atoms with Crippen LogP contribution in [0.5, 0.6) is 0 Å². The molecule has 0 aliphatic carbocycles. The van der Waals surface area contributed by atoms with Crippen molar-refractivity contribution in [3.63, 3.8) is 0 Å². The fourth-order valence-electron chi connectivity index (χ4n) is 2.44. The smallest absolute Gasteiger partial charge is 0.0459 e. The molecule has 15 heavy (non-hydrogen) atoms. The van der Waals surface area contributed by atoms with E-state index in [0.29, 0.717) is 6.04 Å². The monoisotopic (exact) mass is 224 g/mol. The molecule has 3 heteroatoms. The van der Waals surface area contributed by atoms with Crippen molar-refractivity contribution in [1.29, 1.82) is 0 Å². The second kappa shape index (κ2) is 4.42. The summed E-state index contributed by atoms with van der Waals surface area (Å²) in [6.07, 6.45) is 2.08. The fourth-order valence-corrected chi connectivity index (χ4v) is 2.69. The summed E-state index contributed by atoms with van der Waals surface area (Å²) in [5.74, 6) is 0. The largest absolute Gasteiger partial charge is 0.368 e. The molecule has 1 unspecified atom stereocenters. The molecule has 0 bridgehead atoms. The topological polar surface area (TPSA) is 29.3 Å². The summed E-state index contributed by atoms with van der Waals surface area (Å²) >= 11 is 6.20. The molecular formula is C12H17ClN2. The Labute approximate surface area is 96.0 Å². The number of nitrogens with zero attached hydrogens (tertiary/aromatic N) is 1. The molecule has 0 amide bonds. The maximum Gasteiger partial charge on any atom is 0.0459 e. The van der Waals surface area contributed by atoms with Gasteiger partial charge in [0.15, 0.2) is 0 Å². The van der Waals surface area contributed by atoms with Crippen molar-refractivity contribution in [3.05, 3.63) is 28.8 Å². The predicted octanol–water partition coefficient (Wildman–Crippen LogP) is 2.44. The zero-order chi connectivity index (χ0) is 10.8. The normalized spacial score (nSPS) is 19.4. The highest BCUT2D eigenvalue weighted by molar-refractivity contribution is 6.31. The molecule has 0 saturated heterocycles. The lowest BCUT2D eigenvalue weighted by Crippen LogP contribution is -2.33. The number of nitrogens with two attached hydrogens (primary N) is 1. The Morgan fingerprint density at radius 3 is 3.00 bits per heavy atom. The van der Waals surface area contributed by atoms with E-state index in [4.69, 9.17) is 17.3 Å². The van der Waals surface area contributed by atoms with Crippen LogP contribution in [-0.4, -0.2) is 19.1 Å². The lowest BCUT2D eigenvalue weighted by atomic mass is 10.1. The first kappa shape index (κ1) is 10.8. The summed E-state index contributed by atoms with van der Waals surface area (Å²) in [5, 5.41) is 0.894. The molecule has 0 aromatic heterocycles. The molecule has 0 fully saturated rings. The Bertz CT molecular complexity index is 351. The van der Waals surface area contributed by atoms with Crippen LogP contribution in [0.4, 0.5) is 5.69 Å². The van der Waals surface area contributed by atoms with Crippen LogP contribution in [0.3, 0.4) is 0 Å². The summed E-state index contributed by atoms with van der Waals surface area (Å²) < 4.78 is 0. The van der Waals surface area contributed by atoms with Crippen molar-refractivity contribution < 1.29 is 0 Å². The molecule has 0 spiro atoms. The zero-order valence-electron chi connectivity index (χ0n) is 9.04. The molecule has 1 aliphatic heterocycles. The average Bonchev–Trinajstić information content (AvgIpc) is 2.58. The lowest BCUT2D eigenvalue weighted by Gasteiger charge is -2.25. The van der Waals surface area contributed by atoms with Crippen LogP contribution in [0.15, 0.2) is 18.2 Å². The lowest BCUT2D eigenvalue weighted by molar-refractivity contribution is 0.593. The van der Waals surface area contributed by atoms with E-state index in [1.807, 2.05) is 12.1 Å². The van der Waals surface area contributed by atoms with Gasteiger partial charge in [0.25, 0.3) is 0 Å². The average molecular weight is 225 g/mol. The molecule has 1 aliphatic rings. The molecule has 1 aromatic carbocycles. The number of fused-ring (bicyclic) bond motifs is 1. The third-order valence-corrected chi connectivity index (χ3v) is 3.48. The summed E-state index contributed by atoms with van der Waals surface area (Å²) in [6.45, 7) is 3.95. The van der Waals surface area contributed by atoms with Gasteiger partial charge in [-0.1, -0.05) is 17.7 Å². The van der Waals surface area contributed by atoms with Crippen molar-refractivity contribution in [2.75, 3.05) is 18.0 Å². The fraction of sp³-hybridized carbons (Fsp3) is 0.500. The van der Waals surface area contributed by atoms with Crippen LogP contribution < -0.4 is 10.6 Å². The van der Waals surface area contributed by atoms with Gasteiger partial charge in [0, 0.05) is 23.3 Å². The van der Waals surface area contributed by atoms with Crippen LogP contribution in [-0.2, 0) is 6.42 Å². The van der Waals surface area contributed by atoms with Crippen molar-refractivity contribution in [2.24, 2.45) is 5.73 Å². The molecule has 0 radical (unpaired) electrons. The predicted molar refractivity (Wildman–Crippen MR) is 65.6 cm³/mol. The van der Waals surface area contributed by atoms with E-state index >= 15 is 0 Å². The van der Waals surface area contributed by atoms with Crippen molar-refractivity contribution in [3.8, 4) is 0 Å². The Kier molecular flexibility index (Phi) is 3.17.